The molecule has 0 spiro atoms. The van der Waals surface area contributed by atoms with E-state index in [9.17, 15) is 4.79 Å². The molecule has 3 nitrogen and oxygen atoms in total. The first-order valence-electron chi connectivity index (χ1n) is 4.58. The van der Waals surface area contributed by atoms with Crippen LogP contribution in [0.5, 0.6) is 0 Å². The molecule has 0 fully saturated rings. The van der Waals surface area contributed by atoms with Crippen molar-refractivity contribution in [2.75, 3.05) is 0 Å². The van der Waals surface area contributed by atoms with Gasteiger partial charge in [-0.3, -0.25) is 4.79 Å². The molecule has 1 aromatic carbocycles. The molecule has 0 N–H and O–H groups in total. The summed E-state index contributed by atoms with van der Waals surface area (Å²) in [7, 11) is 0. The lowest BCUT2D eigenvalue weighted by molar-refractivity contribution is 0.278. The number of benzene rings is 1. The van der Waals surface area contributed by atoms with E-state index in [-0.39, 0.29) is 5.56 Å². The third-order valence-electron chi connectivity index (χ3n) is 2.05. The number of aryl methyl sites for hydroxylation is 1. The van der Waals surface area contributed by atoms with Gasteiger partial charge in [0, 0.05) is 5.56 Å². The maximum Gasteiger partial charge on any atom is 0.283 e. The van der Waals surface area contributed by atoms with Gasteiger partial charge in [0.1, 0.15) is 0 Å². The molecule has 14 heavy (non-hydrogen) atoms. The van der Waals surface area contributed by atoms with Gasteiger partial charge in [-0.1, -0.05) is 30.3 Å². The fourth-order valence-corrected chi connectivity index (χ4v) is 1.33. The van der Waals surface area contributed by atoms with Gasteiger partial charge in [0.15, 0.2) is 5.76 Å². The van der Waals surface area contributed by atoms with Gasteiger partial charge in [-0.2, -0.15) is 4.74 Å². The Labute approximate surface area is 81.6 Å². The highest BCUT2D eigenvalue weighted by atomic mass is 16.5. The van der Waals surface area contributed by atoms with Gasteiger partial charge in [0.25, 0.3) is 5.56 Å². The maximum absolute atomic E-state index is 11.3. The minimum absolute atomic E-state index is 0.0913. The molecule has 0 amide bonds. The summed E-state index contributed by atoms with van der Waals surface area (Å²) in [4.78, 5) is 11.3. The van der Waals surface area contributed by atoms with Crippen LogP contribution >= 0.6 is 0 Å². The van der Waals surface area contributed by atoms with Crippen molar-refractivity contribution >= 4 is 0 Å². The largest absolute Gasteiger partial charge is 0.376 e. The quantitative estimate of drug-likeness (QED) is 0.725. The summed E-state index contributed by atoms with van der Waals surface area (Å²) in [6.45, 7) is 2.44. The second-order valence-electron chi connectivity index (χ2n) is 3.00. The Balaban J connectivity index is 2.48. The van der Waals surface area contributed by atoms with E-state index in [2.05, 4.69) is 0 Å². The fourth-order valence-electron chi connectivity index (χ4n) is 1.33. The predicted octanol–water partition coefficient (Wildman–Crippen LogP) is 2.13. The molecule has 0 saturated carbocycles. The van der Waals surface area contributed by atoms with Gasteiger partial charge in [-0.25, -0.2) is 0 Å². The van der Waals surface area contributed by atoms with E-state index in [0.717, 1.165) is 5.56 Å². The molecule has 72 valence electrons. The molecule has 0 aliphatic heterocycles. The highest BCUT2D eigenvalue weighted by Gasteiger charge is 2.05. The van der Waals surface area contributed by atoms with E-state index in [0.29, 0.717) is 12.3 Å². The summed E-state index contributed by atoms with van der Waals surface area (Å²) in [5, 5.41) is 0. The zero-order valence-corrected chi connectivity index (χ0v) is 7.93. The molecule has 0 aliphatic carbocycles. The molecule has 2 rings (SSSR count). The standard InChI is InChI=1S/C11H11NO2/c1-2-12-11(13)8-10(14-12)9-6-4-3-5-7-9/h3-8H,2H2,1H3. The molecule has 0 atom stereocenters. The molecular weight excluding hydrogens is 178 g/mol. The summed E-state index contributed by atoms with van der Waals surface area (Å²) in [6.07, 6.45) is 0. The van der Waals surface area contributed by atoms with Crippen LogP contribution in [0.2, 0.25) is 0 Å². The Hall–Kier alpha value is -1.77. The molecule has 1 aromatic heterocycles. The normalized spacial score (nSPS) is 10.4. The van der Waals surface area contributed by atoms with Crippen molar-refractivity contribution in [3.8, 4) is 11.3 Å². The molecule has 0 saturated heterocycles. The van der Waals surface area contributed by atoms with Crippen LogP contribution in [0.3, 0.4) is 0 Å². The Morgan fingerprint density at radius 3 is 2.57 bits per heavy atom. The molecule has 1 heterocycles. The van der Waals surface area contributed by atoms with E-state index in [1.807, 2.05) is 37.3 Å². The van der Waals surface area contributed by atoms with Crippen molar-refractivity contribution < 1.29 is 4.52 Å². The minimum Gasteiger partial charge on any atom is -0.376 e. The molecule has 0 unspecified atom stereocenters. The van der Waals surface area contributed by atoms with Gasteiger partial charge in [0.05, 0.1) is 12.6 Å². The zero-order valence-electron chi connectivity index (χ0n) is 7.93. The molecule has 0 bridgehead atoms. The summed E-state index contributed by atoms with van der Waals surface area (Å²) in [5.41, 5.74) is 0.836. The van der Waals surface area contributed by atoms with Gasteiger partial charge < -0.3 is 4.52 Å². The van der Waals surface area contributed by atoms with Crippen molar-refractivity contribution in [3.05, 3.63) is 46.8 Å². The van der Waals surface area contributed by atoms with Crippen molar-refractivity contribution in [3.63, 3.8) is 0 Å². The smallest absolute Gasteiger partial charge is 0.283 e. The monoisotopic (exact) mass is 189 g/mol. The lowest BCUT2D eigenvalue weighted by atomic mass is 10.2. The summed E-state index contributed by atoms with van der Waals surface area (Å²) >= 11 is 0. The van der Waals surface area contributed by atoms with Gasteiger partial charge >= 0.3 is 0 Å². The van der Waals surface area contributed by atoms with Gasteiger partial charge in [-0.15, -0.1) is 0 Å². The SMILES string of the molecule is CCn1oc(-c2ccccc2)cc1=O. The Morgan fingerprint density at radius 2 is 2.00 bits per heavy atom. The molecule has 0 radical (unpaired) electrons. The second-order valence-corrected chi connectivity index (χ2v) is 3.00. The Morgan fingerprint density at radius 1 is 1.29 bits per heavy atom. The number of hydrogen-bond donors (Lipinski definition) is 0. The number of nitrogens with zero attached hydrogens (tertiary/aromatic N) is 1. The highest BCUT2D eigenvalue weighted by molar-refractivity contribution is 5.55. The minimum atomic E-state index is -0.0913. The molecule has 0 aliphatic rings. The third-order valence-corrected chi connectivity index (χ3v) is 2.05. The van der Waals surface area contributed by atoms with Crippen molar-refractivity contribution in [2.24, 2.45) is 0 Å². The van der Waals surface area contributed by atoms with Gasteiger partial charge in [-0.05, 0) is 6.92 Å². The highest BCUT2D eigenvalue weighted by Crippen LogP contribution is 2.16. The number of rotatable bonds is 2. The van der Waals surface area contributed by atoms with Crippen LogP contribution in [0.4, 0.5) is 0 Å². The van der Waals surface area contributed by atoms with E-state index in [1.165, 1.54) is 10.8 Å². The van der Waals surface area contributed by atoms with Crippen LogP contribution in [-0.2, 0) is 6.54 Å². The fraction of sp³-hybridized carbons (Fsp3) is 0.182. The summed E-state index contributed by atoms with van der Waals surface area (Å²) < 4.78 is 6.69. The average Bonchev–Trinajstić information content (AvgIpc) is 2.61. The van der Waals surface area contributed by atoms with Crippen molar-refractivity contribution in [1.82, 2.24) is 4.74 Å². The lowest BCUT2D eigenvalue weighted by Crippen LogP contribution is -2.10. The average molecular weight is 189 g/mol. The number of aromatic nitrogens is 1. The van der Waals surface area contributed by atoms with Crippen LogP contribution in [0, 0.1) is 0 Å². The zero-order chi connectivity index (χ0) is 9.97. The molecule has 2 aromatic rings. The first-order valence-corrected chi connectivity index (χ1v) is 4.58. The predicted molar refractivity (Wildman–Crippen MR) is 54.1 cm³/mol. The Kier molecular flexibility index (Phi) is 2.23. The first kappa shape index (κ1) is 8.81. The summed E-state index contributed by atoms with van der Waals surface area (Å²) in [5.74, 6) is 0.623. The van der Waals surface area contributed by atoms with Crippen LogP contribution in [0.15, 0.2) is 45.7 Å². The van der Waals surface area contributed by atoms with Crippen LogP contribution in [0.25, 0.3) is 11.3 Å². The Bertz CT molecular complexity index is 468. The molecular formula is C11H11NO2. The van der Waals surface area contributed by atoms with Crippen LogP contribution in [0.1, 0.15) is 6.92 Å². The molecule has 3 heteroatoms. The maximum atomic E-state index is 11.3. The topological polar surface area (TPSA) is 35.1 Å². The van der Waals surface area contributed by atoms with Crippen LogP contribution in [-0.4, -0.2) is 4.74 Å². The van der Waals surface area contributed by atoms with E-state index >= 15 is 0 Å². The summed E-state index contributed by atoms with van der Waals surface area (Å²) in [6, 6.07) is 11.1. The van der Waals surface area contributed by atoms with E-state index < -0.39 is 0 Å². The second kappa shape index (κ2) is 3.54. The van der Waals surface area contributed by atoms with Crippen molar-refractivity contribution in [1.29, 1.82) is 0 Å². The third kappa shape index (κ3) is 1.48. The van der Waals surface area contributed by atoms with E-state index in [1.54, 1.807) is 0 Å². The number of hydrogen-bond acceptors (Lipinski definition) is 2. The van der Waals surface area contributed by atoms with E-state index in [4.69, 9.17) is 4.52 Å². The lowest BCUT2D eigenvalue weighted by Gasteiger charge is -1.95. The van der Waals surface area contributed by atoms with Gasteiger partial charge in [0.2, 0.25) is 0 Å². The first-order chi connectivity index (χ1) is 6.81. The van der Waals surface area contributed by atoms with Crippen LogP contribution < -0.4 is 5.56 Å². The van der Waals surface area contributed by atoms with Crippen molar-refractivity contribution in [2.45, 2.75) is 13.5 Å².